The molecule has 0 saturated carbocycles. The van der Waals surface area contributed by atoms with Crippen molar-refractivity contribution >= 4 is 27.1 Å². The summed E-state index contributed by atoms with van der Waals surface area (Å²) in [5.41, 5.74) is -0.244. The number of nitrogens with zero attached hydrogens (tertiary/aromatic N) is 3. The van der Waals surface area contributed by atoms with Crippen LogP contribution < -0.4 is 4.90 Å². The minimum atomic E-state index is -4.41. The monoisotopic (exact) mass is 501 g/mol. The number of piperazine rings is 1. The molecule has 3 aromatic rings. The molecule has 1 saturated heterocycles. The molecule has 0 atom stereocenters. The Hall–Kier alpha value is -3.86. The fourth-order valence-corrected chi connectivity index (χ4v) is 5.50. The average Bonchev–Trinajstić information content (AvgIpc) is 2.86. The molecule has 1 heterocycles. The maximum atomic E-state index is 14.0. The number of amides is 1. The van der Waals surface area contributed by atoms with Gasteiger partial charge in [-0.15, -0.1) is 0 Å². The standard InChI is InChI=1S/C24H21F2N3O5S/c25-19-7-8-21(26)18(14-19)16-35(33,34)23-9-6-17(15-22(23)29(31)32)24(30)28-12-10-27(11-13-28)20-4-2-1-3-5-20/h1-9,14-15H,10-13,16H2. The first kappa shape index (κ1) is 24.3. The Morgan fingerprint density at radius 1 is 0.943 bits per heavy atom. The number of hydrogen-bond acceptors (Lipinski definition) is 6. The second kappa shape index (κ2) is 9.79. The van der Waals surface area contributed by atoms with Gasteiger partial charge in [-0.3, -0.25) is 14.9 Å². The molecule has 35 heavy (non-hydrogen) atoms. The number of carbonyl (C=O) groups is 1. The van der Waals surface area contributed by atoms with Crippen LogP contribution in [0.2, 0.25) is 0 Å². The molecule has 182 valence electrons. The predicted octanol–water partition coefficient (Wildman–Crippen LogP) is 3.81. The second-order valence-electron chi connectivity index (χ2n) is 8.05. The molecule has 1 aliphatic heterocycles. The van der Waals surface area contributed by atoms with Gasteiger partial charge in [0.25, 0.3) is 11.6 Å². The number of nitro benzene ring substituents is 1. The van der Waals surface area contributed by atoms with Crippen LogP contribution in [0.25, 0.3) is 0 Å². The van der Waals surface area contributed by atoms with Gasteiger partial charge in [-0.2, -0.15) is 0 Å². The Morgan fingerprint density at radius 3 is 2.29 bits per heavy atom. The Labute approximate surface area is 200 Å². The molecule has 3 aromatic carbocycles. The van der Waals surface area contributed by atoms with Crippen LogP contribution in [0.5, 0.6) is 0 Å². The highest BCUT2D eigenvalue weighted by Crippen LogP contribution is 2.29. The van der Waals surface area contributed by atoms with Gasteiger partial charge in [0, 0.05) is 49.1 Å². The van der Waals surface area contributed by atoms with E-state index in [-0.39, 0.29) is 5.56 Å². The third-order valence-corrected chi connectivity index (χ3v) is 7.49. The van der Waals surface area contributed by atoms with Gasteiger partial charge < -0.3 is 9.80 Å². The van der Waals surface area contributed by atoms with E-state index in [1.54, 1.807) is 4.90 Å². The quantitative estimate of drug-likeness (QED) is 0.376. The summed E-state index contributed by atoms with van der Waals surface area (Å²) in [5, 5.41) is 11.7. The van der Waals surface area contributed by atoms with E-state index in [1.165, 1.54) is 6.07 Å². The molecule has 0 unspecified atom stereocenters. The molecule has 0 aromatic heterocycles. The summed E-state index contributed by atoms with van der Waals surface area (Å²) < 4.78 is 53.1. The number of halogens is 2. The summed E-state index contributed by atoms with van der Waals surface area (Å²) in [5.74, 6) is -3.20. The van der Waals surface area contributed by atoms with E-state index in [4.69, 9.17) is 0 Å². The first-order chi connectivity index (χ1) is 16.7. The molecule has 4 rings (SSSR count). The van der Waals surface area contributed by atoms with Crippen molar-refractivity contribution in [1.29, 1.82) is 0 Å². The smallest absolute Gasteiger partial charge is 0.288 e. The van der Waals surface area contributed by atoms with Crippen LogP contribution in [-0.2, 0) is 15.6 Å². The lowest BCUT2D eigenvalue weighted by atomic mass is 10.1. The molecule has 8 nitrogen and oxygen atoms in total. The molecule has 0 radical (unpaired) electrons. The van der Waals surface area contributed by atoms with Gasteiger partial charge in [0.2, 0.25) is 0 Å². The van der Waals surface area contributed by atoms with E-state index in [2.05, 4.69) is 4.90 Å². The van der Waals surface area contributed by atoms with Crippen molar-refractivity contribution in [2.45, 2.75) is 10.6 Å². The minimum absolute atomic E-state index is 0.0271. The van der Waals surface area contributed by atoms with Gasteiger partial charge in [-0.25, -0.2) is 17.2 Å². The zero-order chi connectivity index (χ0) is 25.2. The third kappa shape index (κ3) is 5.29. The van der Waals surface area contributed by atoms with Gasteiger partial charge in [0.05, 0.1) is 10.7 Å². The minimum Gasteiger partial charge on any atom is -0.368 e. The lowest BCUT2D eigenvalue weighted by molar-refractivity contribution is -0.387. The number of nitro groups is 1. The van der Waals surface area contributed by atoms with Crippen molar-refractivity contribution in [1.82, 2.24) is 4.90 Å². The molecule has 1 aliphatic rings. The normalized spacial score (nSPS) is 14.1. The number of hydrogen-bond donors (Lipinski definition) is 0. The summed E-state index contributed by atoms with van der Waals surface area (Å²) >= 11 is 0. The van der Waals surface area contributed by atoms with Crippen LogP contribution in [0.1, 0.15) is 15.9 Å². The van der Waals surface area contributed by atoms with E-state index >= 15 is 0 Å². The SMILES string of the molecule is O=C(c1ccc(S(=O)(=O)Cc2cc(F)ccc2F)c([N+](=O)[O-])c1)N1CCN(c2ccccc2)CC1. The Balaban J connectivity index is 1.55. The summed E-state index contributed by atoms with van der Waals surface area (Å²) in [6, 6.07) is 15.1. The number of sulfone groups is 1. The van der Waals surface area contributed by atoms with Gasteiger partial charge in [0.15, 0.2) is 9.84 Å². The Bertz CT molecular complexity index is 1380. The molecular weight excluding hydrogens is 480 g/mol. The van der Waals surface area contributed by atoms with Crippen molar-refractivity contribution in [2.75, 3.05) is 31.1 Å². The number of carbonyl (C=O) groups excluding carboxylic acids is 1. The van der Waals surface area contributed by atoms with Crippen LogP contribution in [0.15, 0.2) is 71.6 Å². The summed E-state index contributed by atoms with van der Waals surface area (Å²) in [4.78, 5) is 26.8. The molecule has 1 amide bonds. The van der Waals surface area contributed by atoms with Crippen LogP contribution in [0.3, 0.4) is 0 Å². The number of anilines is 1. The molecule has 11 heteroatoms. The maximum absolute atomic E-state index is 14.0. The van der Waals surface area contributed by atoms with Crippen molar-refractivity contribution in [3.63, 3.8) is 0 Å². The zero-order valence-electron chi connectivity index (χ0n) is 18.4. The van der Waals surface area contributed by atoms with Crippen LogP contribution >= 0.6 is 0 Å². The van der Waals surface area contributed by atoms with Crippen LogP contribution in [0.4, 0.5) is 20.2 Å². The van der Waals surface area contributed by atoms with E-state index in [0.29, 0.717) is 26.2 Å². The Kier molecular flexibility index (Phi) is 6.79. The highest BCUT2D eigenvalue weighted by Gasteiger charge is 2.30. The Morgan fingerprint density at radius 2 is 1.63 bits per heavy atom. The fourth-order valence-electron chi connectivity index (χ4n) is 3.98. The van der Waals surface area contributed by atoms with E-state index in [9.17, 15) is 32.1 Å². The lowest BCUT2D eigenvalue weighted by Gasteiger charge is -2.36. The summed E-state index contributed by atoms with van der Waals surface area (Å²) in [6.45, 7) is 1.92. The predicted molar refractivity (Wildman–Crippen MR) is 125 cm³/mol. The first-order valence-electron chi connectivity index (χ1n) is 10.7. The largest absolute Gasteiger partial charge is 0.368 e. The topological polar surface area (TPSA) is 101 Å². The molecule has 0 bridgehead atoms. The maximum Gasteiger partial charge on any atom is 0.288 e. The number of benzene rings is 3. The van der Waals surface area contributed by atoms with E-state index in [0.717, 1.165) is 36.0 Å². The number of para-hydroxylation sites is 1. The highest BCUT2D eigenvalue weighted by molar-refractivity contribution is 7.90. The third-order valence-electron chi connectivity index (χ3n) is 5.78. The van der Waals surface area contributed by atoms with Crippen molar-refractivity contribution < 1.29 is 26.9 Å². The average molecular weight is 502 g/mol. The van der Waals surface area contributed by atoms with Gasteiger partial charge >= 0.3 is 0 Å². The van der Waals surface area contributed by atoms with E-state index < -0.39 is 54.2 Å². The molecule has 0 aliphatic carbocycles. The molecule has 0 N–H and O–H groups in total. The van der Waals surface area contributed by atoms with Crippen LogP contribution in [0, 0.1) is 21.7 Å². The number of rotatable bonds is 6. The molecule has 1 fully saturated rings. The van der Waals surface area contributed by atoms with Gasteiger partial charge in [-0.05, 0) is 42.5 Å². The second-order valence-corrected chi connectivity index (χ2v) is 10.0. The lowest BCUT2D eigenvalue weighted by Crippen LogP contribution is -2.48. The van der Waals surface area contributed by atoms with Crippen LogP contribution in [-0.4, -0.2) is 50.3 Å². The van der Waals surface area contributed by atoms with Gasteiger partial charge in [0.1, 0.15) is 16.5 Å². The first-order valence-corrected chi connectivity index (χ1v) is 12.4. The highest BCUT2D eigenvalue weighted by atomic mass is 32.2. The van der Waals surface area contributed by atoms with Crippen molar-refractivity contribution in [3.8, 4) is 0 Å². The van der Waals surface area contributed by atoms with Crippen molar-refractivity contribution in [3.05, 3.63) is 99.6 Å². The fraction of sp³-hybridized carbons (Fsp3) is 0.208. The zero-order valence-corrected chi connectivity index (χ0v) is 19.2. The van der Waals surface area contributed by atoms with Gasteiger partial charge in [-0.1, -0.05) is 18.2 Å². The van der Waals surface area contributed by atoms with Crippen molar-refractivity contribution in [2.24, 2.45) is 0 Å². The van der Waals surface area contributed by atoms with E-state index in [1.807, 2.05) is 30.3 Å². The molecular formula is C24H21F2N3O5S. The molecule has 0 spiro atoms. The summed E-state index contributed by atoms with van der Waals surface area (Å²) in [7, 11) is -4.41. The summed E-state index contributed by atoms with van der Waals surface area (Å²) in [6.07, 6.45) is 0.